The molecule has 1 aromatic carbocycles. The Morgan fingerprint density at radius 3 is 2.96 bits per heavy atom. The Kier molecular flexibility index (Phi) is 3.97. The van der Waals surface area contributed by atoms with Crippen LogP contribution in [0.15, 0.2) is 58.5 Å². The molecule has 0 saturated heterocycles. The zero-order valence-corrected chi connectivity index (χ0v) is 14.6. The molecule has 0 spiro atoms. The fraction of sp³-hybridized carbons (Fsp3) is 0.111. The van der Waals surface area contributed by atoms with E-state index >= 15 is 0 Å². The molecule has 0 atom stereocenters. The van der Waals surface area contributed by atoms with Crippen LogP contribution in [-0.4, -0.2) is 16.6 Å². The van der Waals surface area contributed by atoms with Crippen LogP contribution in [0.2, 0.25) is 0 Å². The van der Waals surface area contributed by atoms with Crippen LogP contribution in [0, 0.1) is 0 Å². The summed E-state index contributed by atoms with van der Waals surface area (Å²) in [6.07, 6.45) is 2.54. The van der Waals surface area contributed by atoms with Gasteiger partial charge in [0.05, 0.1) is 17.5 Å². The highest BCUT2D eigenvalue weighted by atomic mass is 79.9. The molecule has 0 aliphatic rings. The van der Waals surface area contributed by atoms with Gasteiger partial charge in [0.25, 0.3) is 0 Å². The summed E-state index contributed by atoms with van der Waals surface area (Å²) in [5.41, 5.74) is 2.05. The lowest BCUT2D eigenvalue weighted by molar-refractivity contribution is 0.312. The third kappa shape index (κ3) is 2.94. The molecule has 3 heterocycles. The number of rotatable bonds is 4. The molecule has 0 N–H and O–H groups in total. The maximum absolute atomic E-state index is 5.90. The van der Waals surface area contributed by atoms with Crippen LogP contribution in [-0.2, 0) is 6.42 Å². The van der Waals surface area contributed by atoms with Gasteiger partial charge in [-0.2, -0.15) is 0 Å². The normalized spacial score (nSPS) is 11.2. The van der Waals surface area contributed by atoms with Gasteiger partial charge < -0.3 is 4.74 Å². The molecule has 0 aliphatic heterocycles. The lowest BCUT2D eigenvalue weighted by Gasteiger charge is -2.07. The number of halogens is 1. The molecular weight excluding hydrogens is 372 g/mol. The molecule has 0 radical (unpaired) electrons. The largest absolute Gasteiger partial charge is 0.477 e. The van der Waals surface area contributed by atoms with E-state index in [2.05, 4.69) is 49.5 Å². The van der Waals surface area contributed by atoms with Crippen LogP contribution in [0.5, 0.6) is 5.88 Å². The van der Waals surface area contributed by atoms with Gasteiger partial charge in [0, 0.05) is 38.3 Å². The Morgan fingerprint density at radius 1 is 1.09 bits per heavy atom. The van der Waals surface area contributed by atoms with Crippen LogP contribution in [0.25, 0.3) is 21.0 Å². The number of benzene rings is 1. The van der Waals surface area contributed by atoms with Gasteiger partial charge in [0.1, 0.15) is 0 Å². The molecule has 0 amide bonds. The maximum atomic E-state index is 5.90. The Labute approximate surface area is 146 Å². The van der Waals surface area contributed by atoms with Crippen molar-refractivity contribution < 1.29 is 4.74 Å². The minimum atomic E-state index is 0.555. The van der Waals surface area contributed by atoms with Gasteiger partial charge >= 0.3 is 0 Å². The highest BCUT2D eigenvalue weighted by molar-refractivity contribution is 9.10. The third-order valence-electron chi connectivity index (χ3n) is 3.66. The SMILES string of the molecule is Brc1csc2ccnc(OCCc3ccc4ccccc4n3)c12. The van der Waals surface area contributed by atoms with E-state index in [9.17, 15) is 0 Å². The van der Waals surface area contributed by atoms with E-state index in [0.29, 0.717) is 12.5 Å². The van der Waals surface area contributed by atoms with Crippen molar-refractivity contribution in [3.63, 3.8) is 0 Å². The average Bonchev–Trinajstić information content (AvgIpc) is 2.97. The van der Waals surface area contributed by atoms with Crippen molar-refractivity contribution in [1.29, 1.82) is 0 Å². The van der Waals surface area contributed by atoms with E-state index in [1.165, 1.54) is 4.70 Å². The minimum Gasteiger partial charge on any atom is -0.477 e. The smallest absolute Gasteiger partial charge is 0.223 e. The predicted octanol–water partition coefficient (Wildman–Crippen LogP) is 5.23. The number of fused-ring (bicyclic) bond motifs is 2. The first-order valence-corrected chi connectivity index (χ1v) is 8.98. The summed E-state index contributed by atoms with van der Waals surface area (Å²) in [5.74, 6) is 0.677. The lowest BCUT2D eigenvalue weighted by atomic mass is 10.2. The number of thiophene rings is 1. The van der Waals surface area contributed by atoms with Gasteiger partial charge in [-0.15, -0.1) is 11.3 Å². The number of pyridine rings is 2. The number of aromatic nitrogens is 2. The second-order valence-electron chi connectivity index (χ2n) is 5.17. The van der Waals surface area contributed by atoms with E-state index in [1.54, 1.807) is 17.5 Å². The quantitative estimate of drug-likeness (QED) is 0.483. The number of para-hydroxylation sites is 1. The maximum Gasteiger partial charge on any atom is 0.223 e. The Bertz CT molecular complexity index is 983. The van der Waals surface area contributed by atoms with Gasteiger partial charge in [0.2, 0.25) is 5.88 Å². The summed E-state index contributed by atoms with van der Waals surface area (Å²) < 4.78 is 8.10. The molecule has 4 aromatic rings. The number of hydrogen-bond donors (Lipinski definition) is 0. The van der Waals surface area contributed by atoms with E-state index in [1.807, 2.05) is 24.3 Å². The van der Waals surface area contributed by atoms with Gasteiger partial charge in [0.15, 0.2) is 0 Å². The molecule has 23 heavy (non-hydrogen) atoms. The zero-order chi connectivity index (χ0) is 15.6. The Morgan fingerprint density at radius 2 is 2.00 bits per heavy atom. The number of hydrogen-bond acceptors (Lipinski definition) is 4. The molecule has 0 fully saturated rings. The fourth-order valence-corrected chi connectivity index (χ4v) is 4.12. The van der Waals surface area contributed by atoms with Crippen LogP contribution in [0.4, 0.5) is 0 Å². The standard InChI is InChI=1S/C18H13BrN2OS/c19-14-11-23-16-7-9-20-18(17(14)16)22-10-8-13-6-5-12-3-1-2-4-15(12)21-13/h1-7,9,11H,8,10H2. The summed E-state index contributed by atoms with van der Waals surface area (Å²) in [4.78, 5) is 9.02. The van der Waals surface area contributed by atoms with Crippen LogP contribution in [0.1, 0.15) is 5.69 Å². The van der Waals surface area contributed by atoms with E-state index in [4.69, 9.17) is 4.74 Å². The van der Waals surface area contributed by atoms with Gasteiger partial charge in [-0.05, 0) is 34.1 Å². The first kappa shape index (κ1) is 14.6. The molecular formula is C18H13BrN2OS. The van der Waals surface area contributed by atoms with Crippen molar-refractivity contribution in [2.24, 2.45) is 0 Å². The topological polar surface area (TPSA) is 35.0 Å². The summed E-state index contributed by atoms with van der Waals surface area (Å²) >= 11 is 5.24. The number of ether oxygens (including phenoxy) is 1. The van der Waals surface area contributed by atoms with Crippen molar-refractivity contribution in [2.75, 3.05) is 6.61 Å². The second kappa shape index (κ2) is 6.26. The van der Waals surface area contributed by atoms with Crippen molar-refractivity contribution in [3.8, 4) is 5.88 Å². The summed E-state index contributed by atoms with van der Waals surface area (Å²) in [7, 11) is 0. The molecule has 5 heteroatoms. The zero-order valence-electron chi connectivity index (χ0n) is 12.2. The van der Waals surface area contributed by atoms with Crippen molar-refractivity contribution in [2.45, 2.75) is 6.42 Å². The molecule has 0 bridgehead atoms. The Hall–Kier alpha value is -1.98. The molecule has 3 aromatic heterocycles. The summed E-state index contributed by atoms with van der Waals surface area (Å²) in [6, 6.07) is 14.3. The van der Waals surface area contributed by atoms with Crippen molar-refractivity contribution in [3.05, 3.63) is 64.2 Å². The fourth-order valence-electron chi connectivity index (χ4n) is 2.53. The van der Waals surface area contributed by atoms with Crippen LogP contribution >= 0.6 is 27.3 Å². The monoisotopic (exact) mass is 384 g/mol. The molecule has 4 rings (SSSR count). The van der Waals surface area contributed by atoms with Crippen molar-refractivity contribution >= 4 is 48.3 Å². The third-order valence-corrected chi connectivity index (χ3v) is 5.54. The first-order valence-electron chi connectivity index (χ1n) is 7.30. The van der Waals surface area contributed by atoms with E-state index in [-0.39, 0.29) is 0 Å². The predicted molar refractivity (Wildman–Crippen MR) is 98.3 cm³/mol. The molecule has 0 saturated carbocycles. The van der Waals surface area contributed by atoms with Crippen LogP contribution < -0.4 is 4.74 Å². The lowest BCUT2D eigenvalue weighted by Crippen LogP contribution is -2.04. The second-order valence-corrected chi connectivity index (χ2v) is 6.93. The van der Waals surface area contributed by atoms with Gasteiger partial charge in [-0.25, -0.2) is 4.98 Å². The first-order chi connectivity index (χ1) is 11.3. The highest BCUT2D eigenvalue weighted by Gasteiger charge is 2.09. The average molecular weight is 385 g/mol. The molecule has 114 valence electrons. The van der Waals surface area contributed by atoms with Gasteiger partial charge in [-0.3, -0.25) is 4.98 Å². The highest BCUT2D eigenvalue weighted by Crippen LogP contribution is 2.35. The van der Waals surface area contributed by atoms with E-state index < -0.39 is 0 Å². The van der Waals surface area contributed by atoms with Gasteiger partial charge in [-0.1, -0.05) is 24.3 Å². The number of nitrogens with zero attached hydrogens (tertiary/aromatic N) is 2. The summed E-state index contributed by atoms with van der Waals surface area (Å²) in [6.45, 7) is 0.555. The van der Waals surface area contributed by atoms with E-state index in [0.717, 1.165) is 32.9 Å². The minimum absolute atomic E-state index is 0.555. The molecule has 3 nitrogen and oxygen atoms in total. The Balaban J connectivity index is 1.51. The molecule has 0 aliphatic carbocycles. The summed E-state index contributed by atoms with van der Waals surface area (Å²) in [5, 5.41) is 4.26. The van der Waals surface area contributed by atoms with Crippen LogP contribution in [0.3, 0.4) is 0 Å². The molecule has 0 unspecified atom stereocenters. The van der Waals surface area contributed by atoms with Crippen molar-refractivity contribution in [1.82, 2.24) is 9.97 Å².